The van der Waals surface area contributed by atoms with Gasteiger partial charge in [-0.05, 0) is 29.2 Å². The van der Waals surface area contributed by atoms with E-state index < -0.39 is 36.0 Å². The van der Waals surface area contributed by atoms with Crippen LogP contribution in [-0.4, -0.2) is 57.1 Å². The molecule has 0 radical (unpaired) electrons. The van der Waals surface area contributed by atoms with Crippen molar-refractivity contribution in [1.29, 1.82) is 5.26 Å². The fourth-order valence-electron chi connectivity index (χ4n) is 3.53. The minimum atomic E-state index is -1.08. The molecule has 9 nitrogen and oxygen atoms in total. The van der Waals surface area contributed by atoms with E-state index >= 15 is 0 Å². The van der Waals surface area contributed by atoms with Gasteiger partial charge in [-0.1, -0.05) is 51.1 Å². The van der Waals surface area contributed by atoms with Gasteiger partial charge in [0.25, 0.3) is 5.91 Å². The van der Waals surface area contributed by atoms with Crippen LogP contribution in [0.5, 0.6) is 0 Å². The van der Waals surface area contributed by atoms with Crippen molar-refractivity contribution >= 4 is 22.7 Å². The number of amides is 2. The van der Waals surface area contributed by atoms with E-state index in [4.69, 9.17) is 10.4 Å². The number of aliphatic hydroxyl groups excluding tert-OH is 2. The number of nitrogens with one attached hydrogen (secondary N) is 2. The molecule has 0 fully saturated rings. The molecule has 0 saturated heterocycles. The molecule has 178 valence electrons. The van der Waals surface area contributed by atoms with Gasteiger partial charge < -0.3 is 20.8 Å². The Morgan fingerprint density at radius 1 is 1.15 bits per heavy atom. The number of benzene rings is 2. The molecule has 2 unspecified atom stereocenters. The van der Waals surface area contributed by atoms with E-state index in [0.717, 1.165) is 11.1 Å². The fraction of sp³-hybridized carbons (Fsp3) is 0.360. The van der Waals surface area contributed by atoms with Gasteiger partial charge in [0.2, 0.25) is 5.91 Å². The van der Waals surface area contributed by atoms with Gasteiger partial charge in [-0.2, -0.15) is 10.4 Å². The van der Waals surface area contributed by atoms with Crippen LogP contribution in [0.1, 0.15) is 42.4 Å². The molecule has 2 atom stereocenters. The third-order valence-electron chi connectivity index (χ3n) is 5.41. The highest BCUT2D eigenvalue weighted by Crippen LogP contribution is 2.23. The van der Waals surface area contributed by atoms with Crippen molar-refractivity contribution in [3.63, 3.8) is 0 Å². The summed E-state index contributed by atoms with van der Waals surface area (Å²) >= 11 is 0. The van der Waals surface area contributed by atoms with Crippen molar-refractivity contribution in [2.75, 3.05) is 13.2 Å². The van der Waals surface area contributed by atoms with Gasteiger partial charge in [0.1, 0.15) is 6.04 Å². The first-order valence-corrected chi connectivity index (χ1v) is 11.0. The van der Waals surface area contributed by atoms with E-state index in [0.29, 0.717) is 17.5 Å². The van der Waals surface area contributed by atoms with Crippen molar-refractivity contribution < 1.29 is 19.8 Å². The number of nitrogens with zero attached hydrogens (tertiary/aromatic N) is 3. The summed E-state index contributed by atoms with van der Waals surface area (Å²) < 4.78 is 1.72. The molecule has 0 aliphatic carbocycles. The van der Waals surface area contributed by atoms with Crippen molar-refractivity contribution in [2.45, 2.75) is 39.5 Å². The van der Waals surface area contributed by atoms with E-state index in [-0.39, 0.29) is 12.2 Å². The number of hydrogen-bond donors (Lipinski definition) is 4. The number of fused-ring (bicyclic) bond motifs is 1. The standard InChI is InChI=1S/C25H29N5O4/c1-25(2,3)22(24(34)27-13-18(32)15-31)28-23(33)21-19-6-4-5-7-20(19)30(29-21)14-17-10-8-16(12-26)9-11-17/h4-11,18,22,31-32H,13-15H2,1-3H3,(H,27,34)(H,28,33). The lowest BCUT2D eigenvalue weighted by Gasteiger charge is -2.30. The Bertz CT molecular complexity index is 1200. The van der Waals surface area contributed by atoms with Gasteiger partial charge in [0.15, 0.2) is 5.69 Å². The Balaban J connectivity index is 1.87. The number of carbonyl (C=O) groups is 2. The summed E-state index contributed by atoms with van der Waals surface area (Å²) in [5.41, 5.74) is 1.83. The molecule has 0 aliphatic heterocycles. The first kappa shape index (κ1) is 24.9. The average Bonchev–Trinajstić information content (AvgIpc) is 3.19. The van der Waals surface area contributed by atoms with Crippen molar-refractivity contribution in [3.05, 3.63) is 65.4 Å². The summed E-state index contributed by atoms with van der Waals surface area (Å²) in [5, 5.41) is 38.1. The van der Waals surface area contributed by atoms with E-state index in [9.17, 15) is 14.7 Å². The number of aliphatic hydroxyl groups is 2. The van der Waals surface area contributed by atoms with Crippen LogP contribution in [0, 0.1) is 16.7 Å². The zero-order valence-electron chi connectivity index (χ0n) is 19.4. The predicted molar refractivity (Wildman–Crippen MR) is 127 cm³/mol. The molecule has 0 spiro atoms. The third kappa shape index (κ3) is 5.78. The van der Waals surface area contributed by atoms with Crippen LogP contribution in [-0.2, 0) is 11.3 Å². The Morgan fingerprint density at radius 2 is 1.82 bits per heavy atom. The Labute approximate surface area is 198 Å². The maximum absolute atomic E-state index is 13.3. The molecule has 3 rings (SSSR count). The second kappa shape index (κ2) is 10.5. The molecule has 34 heavy (non-hydrogen) atoms. The van der Waals surface area contributed by atoms with Gasteiger partial charge in [0.05, 0.1) is 36.4 Å². The number of rotatable bonds is 8. The lowest BCUT2D eigenvalue weighted by atomic mass is 9.86. The second-order valence-electron chi connectivity index (χ2n) is 9.19. The largest absolute Gasteiger partial charge is 0.394 e. The molecular weight excluding hydrogens is 434 g/mol. The molecule has 1 aromatic heterocycles. The summed E-state index contributed by atoms with van der Waals surface area (Å²) in [7, 11) is 0. The quantitative estimate of drug-likeness (QED) is 0.400. The maximum Gasteiger partial charge on any atom is 0.273 e. The topological polar surface area (TPSA) is 140 Å². The van der Waals surface area contributed by atoms with Gasteiger partial charge in [-0.3, -0.25) is 14.3 Å². The zero-order chi connectivity index (χ0) is 24.9. The minimum absolute atomic E-state index is 0.125. The summed E-state index contributed by atoms with van der Waals surface area (Å²) in [6.07, 6.45) is -1.08. The zero-order valence-corrected chi connectivity index (χ0v) is 19.4. The SMILES string of the molecule is CC(C)(C)C(NC(=O)c1nn(Cc2ccc(C#N)cc2)c2ccccc12)C(=O)NCC(O)CO. The summed E-state index contributed by atoms with van der Waals surface area (Å²) in [6, 6.07) is 15.7. The van der Waals surface area contributed by atoms with Crippen molar-refractivity contribution in [3.8, 4) is 6.07 Å². The molecule has 0 bridgehead atoms. The Kier molecular flexibility index (Phi) is 7.66. The van der Waals surface area contributed by atoms with Crippen molar-refractivity contribution in [1.82, 2.24) is 20.4 Å². The lowest BCUT2D eigenvalue weighted by molar-refractivity contribution is -0.125. The first-order chi connectivity index (χ1) is 16.1. The molecule has 0 aliphatic rings. The molecule has 4 N–H and O–H groups in total. The van der Waals surface area contributed by atoms with E-state index in [1.807, 2.05) is 51.1 Å². The second-order valence-corrected chi connectivity index (χ2v) is 9.19. The van der Waals surface area contributed by atoms with Crippen LogP contribution in [0.25, 0.3) is 10.9 Å². The normalized spacial score (nSPS) is 13.2. The van der Waals surface area contributed by atoms with Crippen LogP contribution in [0.3, 0.4) is 0 Å². The van der Waals surface area contributed by atoms with Crippen LogP contribution < -0.4 is 10.6 Å². The van der Waals surface area contributed by atoms with Crippen LogP contribution in [0.2, 0.25) is 0 Å². The first-order valence-electron chi connectivity index (χ1n) is 11.0. The number of para-hydroxylation sites is 1. The highest BCUT2D eigenvalue weighted by atomic mass is 16.3. The summed E-state index contributed by atoms with van der Waals surface area (Å²) in [4.78, 5) is 26.0. The molecule has 2 amide bonds. The van der Waals surface area contributed by atoms with E-state index in [1.165, 1.54) is 0 Å². The molecular formula is C25H29N5O4. The summed E-state index contributed by atoms with van der Waals surface area (Å²) in [6.45, 7) is 5.27. The third-order valence-corrected chi connectivity index (χ3v) is 5.41. The maximum atomic E-state index is 13.3. The van der Waals surface area contributed by atoms with Gasteiger partial charge in [-0.15, -0.1) is 0 Å². The Hall–Kier alpha value is -3.74. The highest BCUT2D eigenvalue weighted by molar-refractivity contribution is 6.06. The summed E-state index contributed by atoms with van der Waals surface area (Å²) in [5.74, 6) is -0.956. The molecule has 1 heterocycles. The van der Waals surface area contributed by atoms with Crippen LogP contribution >= 0.6 is 0 Å². The monoisotopic (exact) mass is 463 g/mol. The molecule has 0 saturated carbocycles. The molecule has 3 aromatic rings. The minimum Gasteiger partial charge on any atom is -0.394 e. The molecule has 2 aromatic carbocycles. The van der Waals surface area contributed by atoms with Gasteiger partial charge >= 0.3 is 0 Å². The van der Waals surface area contributed by atoms with E-state index in [1.54, 1.807) is 22.9 Å². The van der Waals surface area contributed by atoms with Gasteiger partial charge in [0, 0.05) is 11.9 Å². The number of carbonyl (C=O) groups excluding carboxylic acids is 2. The van der Waals surface area contributed by atoms with Crippen molar-refractivity contribution in [2.24, 2.45) is 5.41 Å². The number of hydrogen-bond acceptors (Lipinski definition) is 6. The predicted octanol–water partition coefficient (Wildman–Crippen LogP) is 1.57. The average molecular weight is 464 g/mol. The van der Waals surface area contributed by atoms with E-state index in [2.05, 4.69) is 21.8 Å². The lowest BCUT2D eigenvalue weighted by Crippen LogP contribution is -2.54. The number of nitriles is 1. The Morgan fingerprint density at radius 3 is 2.44 bits per heavy atom. The highest BCUT2D eigenvalue weighted by Gasteiger charge is 2.34. The van der Waals surface area contributed by atoms with Gasteiger partial charge in [-0.25, -0.2) is 0 Å². The fourth-order valence-corrected chi connectivity index (χ4v) is 3.53. The van der Waals surface area contributed by atoms with Crippen LogP contribution in [0.4, 0.5) is 0 Å². The smallest absolute Gasteiger partial charge is 0.273 e. The molecule has 9 heteroatoms. The number of aromatic nitrogens is 2. The van der Waals surface area contributed by atoms with Crippen LogP contribution in [0.15, 0.2) is 48.5 Å².